The van der Waals surface area contributed by atoms with Gasteiger partial charge in [0.1, 0.15) is 5.82 Å². The van der Waals surface area contributed by atoms with E-state index in [9.17, 15) is 9.59 Å². The van der Waals surface area contributed by atoms with E-state index in [1.165, 1.54) is 20.0 Å². The highest BCUT2D eigenvalue weighted by molar-refractivity contribution is 5.98. The van der Waals surface area contributed by atoms with Crippen LogP contribution in [0.1, 0.15) is 53.3 Å². The summed E-state index contributed by atoms with van der Waals surface area (Å²) in [6.07, 6.45) is 4.43. The molecule has 3 aromatic rings. The molecule has 1 aliphatic rings. The van der Waals surface area contributed by atoms with Crippen molar-refractivity contribution in [1.82, 2.24) is 15.3 Å². The molecule has 1 saturated carbocycles. The fourth-order valence-electron chi connectivity index (χ4n) is 3.84. The highest BCUT2D eigenvalue weighted by atomic mass is 16.5. The lowest BCUT2D eigenvalue weighted by Crippen LogP contribution is -2.37. The summed E-state index contributed by atoms with van der Waals surface area (Å²) < 4.78 is 4.72. The smallest absolute Gasteiger partial charge is 0.337 e. The van der Waals surface area contributed by atoms with E-state index in [-0.39, 0.29) is 17.9 Å². The summed E-state index contributed by atoms with van der Waals surface area (Å²) in [5.74, 6) is 1.04. The number of aromatic amines is 1. The second kappa shape index (κ2) is 8.07. The molecule has 0 spiro atoms. The number of ether oxygens (including phenoxy) is 1. The fourth-order valence-corrected chi connectivity index (χ4v) is 3.84. The molecule has 1 heterocycles. The first-order valence-corrected chi connectivity index (χ1v) is 10.0. The molecule has 2 aromatic carbocycles. The molecule has 1 aromatic heterocycles. The molecule has 4 rings (SSSR count). The average Bonchev–Trinajstić information content (AvgIpc) is 3.18. The van der Waals surface area contributed by atoms with E-state index in [1.54, 1.807) is 12.1 Å². The Kier molecular flexibility index (Phi) is 5.34. The maximum atomic E-state index is 12.7. The van der Waals surface area contributed by atoms with Crippen LogP contribution in [0.3, 0.4) is 0 Å². The molecule has 29 heavy (non-hydrogen) atoms. The number of carbonyl (C=O) groups is 2. The number of esters is 1. The van der Waals surface area contributed by atoms with Crippen LogP contribution in [-0.2, 0) is 4.74 Å². The molecule has 1 fully saturated rings. The molecule has 0 radical (unpaired) electrons. The largest absolute Gasteiger partial charge is 0.465 e. The lowest BCUT2D eigenvalue weighted by Gasteiger charge is -2.26. The van der Waals surface area contributed by atoms with E-state index in [4.69, 9.17) is 4.74 Å². The molecular formula is C23H25N3O3. The number of amides is 1. The van der Waals surface area contributed by atoms with Crippen molar-refractivity contribution in [2.45, 2.75) is 38.6 Å². The fraction of sp³-hybridized carbons (Fsp3) is 0.348. The van der Waals surface area contributed by atoms with Gasteiger partial charge in [0, 0.05) is 17.2 Å². The summed E-state index contributed by atoms with van der Waals surface area (Å²) in [6, 6.07) is 12.8. The van der Waals surface area contributed by atoms with Crippen LogP contribution in [0.5, 0.6) is 0 Å². The number of hydrogen-bond acceptors (Lipinski definition) is 4. The Morgan fingerprint density at radius 1 is 1.03 bits per heavy atom. The quantitative estimate of drug-likeness (QED) is 0.649. The van der Waals surface area contributed by atoms with Gasteiger partial charge in [-0.1, -0.05) is 19.1 Å². The van der Waals surface area contributed by atoms with Gasteiger partial charge < -0.3 is 15.0 Å². The zero-order valence-corrected chi connectivity index (χ0v) is 16.7. The standard InChI is InChI=1S/C23H25N3O3/c1-14-3-10-18(11-4-14)24-22(27)17-9-12-19-20(13-17)26-21(25-19)15-5-7-16(8-6-15)23(28)29-2/h5-9,12-14,18H,3-4,10-11H2,1-2H3,(H,24,27)(H,25,26). The molecule has 0 atom stereocenters. The van der Waals surface area contributed by atoms with Crippen molar-refractivity contribution in [3.05, 3.63) is 53.6 Å². The molecule has 0 aliphatic heterocycles. The molecule has 0 saturated heterocycles. The van der Waals surface area contributed by atoms with E-state index in [1.807, 2.05) is 30.3 Å². The minimum absolute atomic E-state index is 0.0370. The van der Waals surface area contributed by atoms with E-state index < -0.39 is 0 Å². The number of H-pyrrole nitrogens is 1. The maximum Gasteiger partial charge on any atom is 0.337 e. The number of nitrogens with one attached hydrogen (secondary N) is 2. The normalized spacial score (nSPS) is 19.1. The Bertz CT molecular complexity index is 1030. The number of carbonyl (C=O) groups excluding carboxylic acids is 2. The van der Waals surface area contributed by atoms with Crippen molar-refractivity contribution < 1.29 is 14.3 Å². The van der Waals surface area contributed by atoms with Crippen molar-refractivity contribution in [3.63, 3.8) is 0 Å². The topological polar surface area (TPSA) is 84.1 Å². The Morgan fingerprint density at radius 2 is 1.72 bits per heavy atom. The van der Waals surface area contributed by atoms with Gasteiger partial charge in [0.2, 0.25) is 0 Å². The first-order valence-electron chi connectivity index (χ1n) is 10.0. The van der Waals surface area contributed by atoms with Crippen molar-refractivity contribution in [3.8, 4) is 11.4 Å². The van der Waals surface area contributed by atoms with Crippen LogP contribution >= 0.6 is 0 Å². The van der Waals surface area contributed by atoms with E-state index in [0.717, 1.165) is 35.4 Å². The number of methoxy groups -OCH3 is 1. The summed E-state index contributed by atoms with van der Waals surface area (Å²) in [6.45, 7) is 2.27. The third-order valence-corrected chi connectivity index (χ3v) is 5.67. The van der Waals surface area contributed by atoms with E-state index >= 15 is 0 Å². The van der Waals surface area contributed by atoms with Gasteiger partial charge in [0.05, 0.1) is 23.7 Å². The predicted molar refractivity (Wildman–Crippen MR) is 112 cm³/mol. The van der Waals surface area contributed by atoms with Crippen molar-refractivity contribution in [2.75, 3.05) is 7.11 Å². The first-order chi connectivity index (χ1) is 14.0. The highest BCUT2D eigenvalue weighted by Crippen LogP contribution is 2.25. The summed E-state index contributed by atoms with van der Waals surface area (Å²) in [7, 11) is 1.36. The lowest BCUT2D eigenvalue weighted by molar-refractivity contribution is 0.0600. The lowest BCUT2D eigenvalue weighted by atomic mass is 9.87. The second-order valence-corrected chi connectivity index (χ2v) is 7.82. The summed E-state index contributed by atoms with van der Waals surface area (Å²) in [5.41, 5.74) is 3.58. The van der Waals surface area contributed by atoms with Crippen LogP contribution in [-0.4, -0.2) is 35.0 Å². The van der Waals surface area contributed by atoms with E-state index in [2.05, 4.69) is 22.2 Å². The number of rotatable bonds is 4. The van der Waals surface area contributed by atoms with Gasteiger partial charge in [-0.2, -0.15) is 0 Å². The number of nitrogens with zero attached hydrogens (tertiary/aromatic N) is 1. The minimum Gasteiger partial charge on any atom is -0.465 e. The molecule has 6 heteroatoms. The molecular weight excluding hydrogens is 366 g/mol. The summed E-state index contributed by atoms with van der Waals surface area (Å²) in [4.78, 5) is 32.1. The van der Waals surface area contributed by atoms with Crippen LogP contribution in [0.15, 0.2) is 42.5 Å². The van der Waals surface area contributed by atoms with E-state index in [0.29, 0.717) is 17.0 Å². The minimum atomic E-state index is -0.371. The van der Waals surface area contributed by atoms with Crippen LogP contribution in [0.4, 0.5) is 0 Å². The second-order valence-electron chi connectivity index (χ2n) is 7.82. The third kappa shape index (κ3) is 4.16. The zero-order chi connectivity index (χ0) is 20.4. The average molecular weight is 391 g/mol. The number of hydrogen-bond donors (Lipinski definition) is 2. The van der Waals surface area contributed by atoms with Crippen LogP contribution < -0.4 is 5.32 Å². The van der Waals surface area contributed by atoms with Crippen molar-refractivity contribution in [1.29, 1.82) is 0 Å². The van der Waals surface area contributed by atoms with Gasteiger partial charge in [-0.05, 0) is 61.9 Å². The monoisotopic (exact) mass is 391 g/mol. The van der Waals surface area contributed by atoms with Crippen LogP contribution in [0, 0.1) is 5.92 Å². The molecule has 0 unspecified atom stereocenters. The molecule has 2 N–H and O–H groups in total. The van der Waals surface area contributed by atoms with Gasteiger partial charge in [-0.25, -0.2) is 9.78 Å². The molecule has 1 aliphatic carbocycles. The summed E-state index contributed by atoms with van der Waals surface area (Å²) in [5, 5.41) is 3.16. The van der Waals surface area contributed by atoms with Crippen LogP contribution in [0.25, 0.3) is 22.4 Å². The third-order valence-electron chi connectivity index (χ3n) is 5.67. The zero-order valence-electron chi connectivity index (χ0n) is 16.7. The van der Waals surface area contributed by atoms with Gasteiger partial charge in [0.15, 0.2) is 0 Å². The van der Waals surface area contributed by atoms with Crippen molar-refractivity contribution >= 4 is 22.9 Å². The molecule has 0 bridgehead atoms. The van der Waals surface area contributed by atoms with Crippen molar-refractivity contribution in [2.24, 2.45) is 5.92 Å². The van der Waals surface area contributed by atoms with Gasteiger partial charge >= 0.3 is 5.97 Å². The number of aromatic nitrogens is 2. The SMILES string of the molecule is COC(=O)c1ccc(-c2nc3ccc(C(=O)NC4CCC(C)CC4)cc3[nH]2)cc1. The Balaban J connectivity index is 1.51. The van der Waals surface area contributed by atoms with Gasteiger partial charge in [0.25, 0.3) is 5.91 Å². The van der Waals surface area contributed by atoms with Crippen LogP contribution in [0.2, 0.25) is 0 Å². The van der Waals surface area contributed by atoms with Gasteiger partial charge in [-0.15, -0.1) is 0 Å². The molecule has 1 amide bonds. The Morgan fingerprint density at radius 3 is 2.41 bits per heavy atom. The highest BCUT2D eigenvalue weighted by Gasteiger charge is 2.20. The Hall–Kier alpha value is -3.15. The molecule has 150 valence electrons. The first kappa shape index (κ1) is 19.2. The molecule has 6 nitrogen and oxygen atoms in total. The predicted octanol–water partition coefficient (Wildman–Crippen LogP) is 4.33. The summed E-state index contributed by atoms with van der Waals surface area (Å²) >= 11 is 0. The Labute approximate surface area is 169 Å². The number of fused-ring (bicyclic) bond motifs is 1. The number of benzene rings is 2. The maximum absolute atomic E-state index is 12.7. The van der Waals surface area contributed by atoms with Gasteiger partial charge in [-0.3, -0.25) is 4.79 Å². The number of imidazole rings is 1.